The van der Waals surface area contributed by atoms with Crippen LogP contribution in [0, 0.1) is 0 Å². The van der Waals surface area contributed by atoms with Gasteiger partial charge in [0.2, 0.25) is 5.91 Å². The first-order valence-corrected chi connectivity index (χ1v) is 6.49. The number of rotatable bonds is 8. The van der Waals surface area contributed by atoms with Crippen molar-refractivity contribution in [2.24, 2.45) is 0 Å². The molecule has 0 atom stereocenters. The maximum Gasteiger partial charge on any atom is 0.323 e. The number of carbonyl (C=O) groups is 2. The van der Waals surface area contributed by atoms with Gasteiger partial charge in [0.25, 0.3) is 0 Å². The van der Waals surface area contributed by atoms with Crippen molar-refractivity contribution in [1.29, 1.82) is 0 Å². The molecular weight excluding hydrogens is 232 g/mol. The van der Waals surface area contributed by atoms with Crippen LogP contribution >= 0.6 is 0 Å². The average Bonchev–Trinajstić information content (AvgIpc) is 2.28. The third kappa shape index (κ3) is 4.64. The van der Waals surface area contributed by atoms with Crippen molar-refractivity contribution in [3.63, 3.8) is 0 Å². The molecule has 5 heteroatoms. The molecule has 1 amide bonds. The smallest absolute Gasteiger partial charge is 0.323 e. The molecule has 0 saturated carbocycles. The fraction of sp³-hybridized carbons (Fsp3) is 0.846. The van der Waals surface area contributed by atoms with Gasteiger partial charge >= 0.3 is 5.97 Å². The van der Waals surface area contributed by atoms with E-state index >= 15 is 0 Å². The van der Waals surface area contributed by atoms with Crippen LogP contribution < -0.4 is 0 Å². The predicted octanol–water partition coefficient (Wildman–Crippen LogP) is 1.43. The standard InChI is InChI=1S/C13H26N2O3/c1-6-8-15(9-7-2)11(16)10-14(5)13(3,4)12(17)18/h6-10H2,1-5H3,(H,17,18). The van der Waals surface area contributed by atoms with Gasteiger partial charge in [-0.15, -0.1) is 0 Å². The van der Waals surface area contributed by atoms with Crippen LogP contribution in [0.4, 0.5) is 0 Å². The molecule has 0 radical (unpaired) electrons. The summed E-state index contributed by atoms with van der Waals surface area (Å²) in [5.41, 5.74) is -1.03. The Morgan fingerprint density at radius 1 is 1.11 bits per heavy atom. The van der Waals surface area contributed by atoms with E-state index < -0.39 is 11.5 Å². The minimum Gasteiger partial charge on any atom is -0.480 e. The number of aliphatic carboxylic acids is 1. The molecule has 0 fully saturated rings. The second-order valence-corrected chi connectivity index (χ2v) is 5.10. The lowest BCUT2D eigenvalue weighted by molar-refractivity contribution is -0.150. The minimum atomic E-state index is -1.03. The lowest BCUT2D eigenvalue weighted by Crippen LogP contribution is -2.52. The summed E-state index contributed by atoms with van der Waals surface area (Å²) in [5.74, 6) is -0.925. The maximum absolute atomic E-state index is 12.1. The van der Waals surface area contributed by atoms with Gasteiger partial charge in [0.05, 0.1) is 6.54 Å². The van der Waals surface area contributed by atoms with Gasteiger partial charge in [0.15, 0.2) is 0 Å². The van der Waals surface area contributed by atoms with E-state index in [9.17, 15) is 9.59 Å². The lowest BCUT2D eigenvalue weighted by Gasteiger charge is -2.33. The zero-order chi connectivity index (χ0) is 14.3. The van der Waals surface area contributed by atoms with Crippen molar-refractivity contribution in [1.82, 2.24) is 9.80 Å². The number of carboxylic acid groups (broad SMARTS) is 1. The van der Waals surface area contributed by atoms with Crippen molar-refractivity contribution in [2.45, 2.75) is 46.1 Å². The van der Waals surface area contributed by atoms with Gasteiger partial charge in [0, 0.05) is 13.1 Å². The van der Waals surface area contributed by atoms with E-state index in [1.165, 1.54) is 0 Å². The topological polar surface area (TPSA) is 60.9 Å². The number of carboxylic acids is 1. The predicted molar refractivity (Wildman–Crippen MR) is 71.5 cm³/mol. The highest BCUT2D eigenvalue weighted by molar-refractivity contribution is 5.81. The molecule has 0 aromatic rings. The molecule has 0 saturated heterocycles. The Labute approximate surface area is 110 Å². The molecule has 0 spiro atoms. The Morgan fingerprint density at radius 2 is 1.56 bits per heavy atom. The Morgan fingerprint density at radius 3 is 1.89 bits per heavy atom. The minimum absolute atomic E-state index is 0.00414. The highest BCUT2D eigenvalue weighted by Crippen LogP contribution is 2.12. The normalized spacial score (nSPS) is 11.7. The van der Waals surface area contributed by atoms with Crippen molar-refractivity contribution >= 4 is 11.9 Å². The Kier molecular flexibility index (Phi) is 6.91. The highest BCUT2D eigenvalue weighted by Gasteiger charge is 2.33. The fourth-order valence-electron chi connectivity index (χ4n) is 1.56. The van der Waals surface area contributed by atoms with E-state index in [0.29, 0.717) is 0 Å². The lowest BCUT2D eigenvalue weighted by atomic mass is 10.0. The van der Waals surface area contributed by atoms with Crippen molar-refractivity contribution in [3.05, 3.63) is 0 Å². The summed E-state index contributed by atoms with van der Waals surface area (Å²) in [6, 6.07) is 0. The molecule has 0 bridgehead atoms. The molecule has 0 aliphatic heterocycles. The summed E-state index contributed by atoms with van der Waals surface area (Å²) in [5, 5.41) is 9.10. The summed E-state index contributed by atoms with van der Waals surface area (Å²) in [4.78, 5) is 26.6. The summed E-state index contributed by atoms with van der Waals surface area (Å²) in [7, 11) is 1.67. The first-order valence-electron chi connectivity index (χ1n) is 6.49. The van der Waals surface area contributed by atoms with Gasteiger partial charge in [-0.05, 0) is 33.7 Å². The molecule has 0 aliphatic rings. The number of hydrogen-bond donors (Lipinski definition) is 1. The van der Waals surface area contributed by atoms with Gasteiger partial charge in [0.1, 0.15) is 5.54 Å². The first-order chi connectivity index (χ1) is 8.27. The van der Waals surface area contributed by atoms with Crippen molar-refractivity contribution < 1.29 is 14.7 Å². The molecule has 18 heavy (non-hydrogen) atoms. The van der Waals surface area contributed by atoms with Crippen molar-refractivity contribution in [2.75, 3.05) is 26.7 Å². The molecule has 0 unspecified atom stereocenters. The summed E-state index contributed by atoms with van der Waals surface area (Å²) < 4.78 is 0. The molecule has 0 rings (SSSR count). The van der Waals surface area contributed by atoms with Crippen LogP contribution in [0.15, 0.2) is 0 Å². The summed E-state index contributed by atoms with van der Waals surface area (Å²) in [6.07, 6.45) is 1.83. The molecule has 0 aromatic heterocycles. The second kappa shape index (κ2) is 7.36. The Bertz CT molecular complexity index is 284. The van der Waals surface area contributed by atoms with Crippen LogP contribution in [0.3, 0.4) is 0 Å². The molecule has 106 valence electrons. The molecule has 0 aromatic carbocycles. The van der Waals surface area contributed by atoms with E-state index in [0.717, 1.165) is 25.9 Å². The van der Waals surface area contributed by atoms with E-state index in [1.807, 2.05) is 13.8 Å². The van der Waals surface area contributed by atoms with E-state index in [4.69, 9.17) is 5.11 Å². The zero-order valence-corrected chi connectivity index (χ0v) is 12.2. The number of amides is 1. The van der Waals surface area contributed by atoms with Crippen LogP contribution in [0.2, 0.25) is 0 Å². The summed E-state index contributed by atoms with van der Waals surface area (Å²) in [6.45, 7) is 8.86. The SMILES string of the molecule is CCCN(CCC)C(=O)CN(C)C(C)(C)C(=O)O. The monoisotopic (exact) mass is 258 g/mol. The average molecular weight is 258 g/mol. The third-order valence-electron chi connectivity index (χ3n) is 3.19. The molecule has 0 heterocycles. The summed E-state index contributed by atoms with van der Waals surface area (Å²) >= 11 is 0. The molecule has 1 N–H and O–H groups in total. The van der Waals surface area contributed by atoms with Crippen LogP contribution in [0.1, 0.15) is 40.5 Å². The Hall–Kier alpha value is -1.10. The maximum atomic E-state index is 12.1. The van der Waals surface area contributed by atoms with Gasteiger partial charge in [-0.1, -0.05) is 13.8 Å². The van der Waals surface area contributed by atoms with Gasteiger partial charge < -0.3 is 10.0 Å². The second-order valence-electron chi connectivity index (χ2n) is 5.10. The van der Waals surface area contributed by atoms with Crippen LogP contribution in [0.25, 0.3) is 0 Å². The number of hydrogen-bond acceptors (Lipinski definition) is 3. The van der Waals surface area contributed by atoms with E-state index in [-0.39, 0.29) is 12.5 Å². The molecule has 5 nitrogen and oxygen atoms in total. The number of likely N-dealkylation sites (N-methyl/N-ethyl adjacent to an activating group) is 1. The highest BCUT2D eigenvalue weighted by atomic mass is 16.4. The fourth-order valence-corrected chi connectivity index (χ4v) is 1.56. The first kappa shape index (κ1) is 16.9. The van der Waals surface area contributed by atoms with E-state index in [1.54, 1.807) is 30.7 Å². The van der Waals surface area contributed by atoms with Crippen LogP contribution in [-0.4, -0.2) is 59.0 Å². The van der Waals surface area contributed by atoms with Crippen molar-refractivity contribution in [3.8, 4) is 0 Å². The number of nitrogens with zero attached hydrogens (tertiary/aromatic N) is 2. The largest absolute Gasteiger partial charge is 0.480 e. The zero-order valence-electron chi connectivity index (χ0n) is 12.2. The van der Waals surface area contributed by atoms with Crippen LogP contribution in [0.5, 0.6) is 0 Å². The number of carbonyl (C=O) groups excluding carboxylic acids is 1. The molecule has 0 aliphatic carbocycles. The quantitative estimate of drug-likeness (QED) is 0.715. The van der Waals surface area contributed by atoms with Gasteiger partial charge in [-0.25, -0.2) is 0 Å². The van der Waals surface area contributed by atoms with Gasteiger partial charge in [-0.2, -0.15) is 0 Å². The van der Waals surface area contributed by atoms with Crippen LogP contribution in [-0.2, 0) is 9.59 Å². The third-order valence-corrected chi connectivity index (χ3v) is 3.19. The molecular formula is C13H26N2O3. The Balaban J connectivity index is 4.57. The van der Waals surface area contributed by atoms with Gasteiger partial charge in [-0.3, -0.25) is 14.5 Å². The van der Waals surface area contributed by atoms with E-state index in [2.05, 4.69) is 0 Å².